The summed E-state index contributed by atoms with van der Waals surface area (Å²) in [6.07, 6.45) is 0.643. The second kappa shape index (κ2) is 7.27. The van der Waals surface area contributed by atoms with Crippen LogP contribution in [0.2, 0.25) is 0 Å². The number of amides is 1. The van der Waals surface area contributed by atoms with Crippen molar-refractivity contribution in [3.05, 3.63) is 53.9 Å². The van der Waals surface area contributed by atoms with Gasteiger partial charge >= 0.3 is 0 Å². The van der Waals surface area contributed by atoms with E-state index in [1.165, 1.54) is 6.92 Å². The Balaban J connectivity index is 1.59. The first kappa shape index (κ1) is 19.6. The third-order valence-electron chi connectivity index (χ3n) is 5.39. The number of anilines is 1. The van der Waals surface area contributed by atoms with Gasteiger partial charge in [-0.2, -0.15) is 0 Å². The lowest BCUT2D eigenvalue weighted by Gasteiger charge is -2.20. The van der Waals surface area contributed by atoms with Crippen LogP contribution in [-0.2, 0) is 34.3 Å². The molecule has 1 amide bonds. The van der Waals surface area contributed by atoms with Crippen molar-refractivity contribution >= 4 is 32.7 Å². The van der Waals surface area contributed by atoms with Gasteiger partial charge in [-0.3, -0.25) is 4.79 Å². The summed E-state index contributed by atoms with van der Waals surface area (Å²) in [5.74, 6) is 0.637. The van der Waals surface area contributed by atoms with Crippen LogP contribution in [0.25, 0.3) is 11.0 Å². The molecule has 0 saturated carbocycles. The molecule has 8 heteroatoms. The van der Waals surface area contributed by atoms with Crippen LogP contribution < -0.4 is 9.62 Å². The van der Waals surface area contributed by atoms with E-state index in [0.29, 0.717) is 18.8 Å². The largest absolute Gasteiger partial charge is 0.327 e. The van der Waals surface area contributed by atoms with Crippen molar-refractivity contribution in [1.29, 1.82) is 0 Å². The van der Waals surface area contributed by atoms with E-state index in [1.54, 1.807) is 23.1 Å². The zero-order valence-electron chi connectivity index (χ0n) is 16.7. The fourth-order valence-electron chi connectivity index (χ4n) is 4.11. The molecule has 7 nitrogen and oxygen atoms in total. The Hall–Kier alpha value is -2.71. The number of nitrogens with one attached hydrogen (secondary N) is 1. The number of carbonyl (C=O) groups excluding carboxylic acids is 1. The van der Waals surface area contributed by atoms with E-state index in [9.17, 15) is 13.2 Å². The average Bonchev–Trinajstić information content (AvgIpc) is 3.21. The lowest BCUT2D eigenvalue weighted by molar-refractivity contribution is -0.116. The van der Waals surface area contributed by atoms with Gasteiger partial charge in [-0.05, 0) is 56.2 Å². The Kier molecular flexibility index (Phi) is 4.92. The number of aromatic nitrogens is 2. The van der Waals surface area contributed by atoms with Gasteiger partial charge in [0.2, 0.25) is 15.9 Å². The van der Waals surface area contributed by atoms with Crippen molar-refractivity contribution in [1.82, 2.24) is 14.3 Å². The minimum Gasteiger partial charge on any atom is -0.327 e. The lowest BCUT2D eigenvalue weighted by atomic mass is 10.1. The highest BCUT2D eigenvalue weighted by Gasteiger charge is 2.30. The molecule has 0 fully saturated rings. The molecular formula is C21H24N4O3S. The third-order valence-corrected chi connectivity index (χ3v) is 6.79. The molecule has 152 valence electrons. The molecule has 4 rings (SSSR count). The number of rotatable bonds is 5. The van der Waals surface area contributed by atoms with E-state index >= 15 is 0 Å². The molecule has 3 aromatic rings. The van der Waals surface area contributed by atoms with Gasteiger partial charge < -0.3 is 9.47 Å². The molecule has 0 aliphatic carbocycles. The van der Waals surface area contributed by atoms with Gasteiger partial charge in [0.25, 0.3) is 0 Å². The number of para-hydroxylation sites is 2. The first-order valence-electron chi connectivity index (χ1n) is 9.68. The molecule has 0 spiro atoms. The molecule has 0 bridgehead atoms. The van der Waals surface area contributed by atoms with Gasteiger partial charge in [0, 0.05) is 25.2 Å². The van der Waals surface area contributed by atoms with Crippen LogP contribution >= 0.6 is 0 Å². The van der Waals surface area contributed by atoms with E-state index < -0.39 is 10.0 Å². The smallest absolute Gasteiger partial charge is 0.240 e. The number of sulfonamides is 1. The molecule has 2 heterocycles. The summed E-state index contributed by atoms with van der Waals surface area (Å²) in [6, 6.07) is 12.7. The Morgan fingerprint density at radius 1 is 1.24 bits per heavy atom. The number of aryl methyl sites for hydroxylation is 1. The summed E-state index contributed by atoms with van der Waals surface area (Å²) in [6.45, 7) is 6.31. The van der Waals surface area contributed by atoms with Crippen LogP contribution in [0.1, 0.15) is 32.2 Å². The van der Waals surface area contributed by atoms with Gasteiger partial charge in [0.05, 0.1) is 22.5 Å². The average molecular weight is 413 g/mol. The maximum absolute atomic E-state index is 12.9. The van der Waals surface area contributed by atoms with Crippen LogP contribution in [0, 0.1) is 0 Å². The van der Waals surface area contributed by atoms with E-state index in [2.05, 4.69) is 9.71 Å². The van der Waals surface area contributed by atoms with Crippen LogP contribution in [-0.4, -0.2) is 29.9 Å². The molecule has 1 atom stereocenters. The van der Waals surface area contributed by atoms with Crippen molar-refractivity contribution in [3.63, 3.8) is 0 Å². The standard InChI is InChI=1S/C21H24N4O3S/c1-4-24-20-8-6-5-7-18(20)23-21(24)13-22-29(27,28)17-9-10-19-16(12-17)11-14(2)25(19)15(3)26/h5-10,12,14,22H,4,11,13H2,1-3H3. The van der Waals surface area contributed by atoms with Gasteiger partial charge in [0.1, 0.15) is 5.82 Å². The van der Waals surface area contributed by atoms with Crippen molar-refractivity contribution in [2.75, 3.05) is 4.90 Å². The summed E-state index contributed by atoms with van der Waals surface area (Å²) >= 11 is 0. The molecule has 1 aromatic heterocycles. The molecule has 0 radical (unpaired) electrons. The van der Waals surface area contributed by atoms with Crippen LogP contribution in [0.4, 0.5) is 5.69 Å². The summed E-state index contributed by atoms with van der Waals surface area (Å²) in [7, 11) is -3.70. The first-order valence-corrected chi connectivity index (χ1v) is 11.2. The fraction of sp³-hybridized carbons (Fsp3) is 0.333. The van der Waals surface area contributed by atoms with Gasteiger partial charge in [-0.15, -0.1) is 0 Å². The number of fused-ring (bicyclic) bond motifs is 2. The predicted molar refractivity (Wildman–Crippen MR) is 112 cm³/mol. The summed E-state index contributed by atoms with van der Waals surface area (Å²) in [5.41, 5.74) is 3.49. The molecule has 1 N–H and O–H groups in total. The molecule has 1 unspecified atom stereocenters. The van der Waals surface area contributed by atoms with Crippen LogP contribution in [0.5, 0.6) is 0 Å². The van der Waals surface area contributed by atoms with E-state index in [4.69, 9.17) is 0 Å². The Morgan fingerprint density at radius 2 is 2.00 bits per heavy atom. The monoisotopic (exact) mass is 412 g/mol. The number of hydrogen-bond acceptors (Lipinski definition) is 4. The van der Waals surface area contributed by atoms with Crippen molar-refractivity contribution in [2.24, 2.45) is 0 Å². The molecule has 1 aliphatic rings. The van der Waals surface area contributed by atoms with E-state index in [1.807, 2.05) is 42.7 Å². The minimum absolute atomic E-state index is 0.0258. The highest BCUT2D eigenvalue weighted by atomic mass is 32.2. The van der Waals surface area contributed by atoms with E-state index in [-0.39, 0.29) is 23.4 Å². The molecule has 29 heavy (non-hydrogen) atoms. The third kappa shape index (κ3) is 3.42. The second-order valence-electron chi connectivity index (χ2n) is 7.32. The lowest BCUT2D eigenvalue weighted by Crippen LogP contribution is -2.33. The highest BCUT2D eigenvalue weighted by molar-refractivity contribution is 7.89. The molecule has 1 aliphatic heterocycles. The quantitative estimate of drug-likeness (QED) is 0.698. The zero-order valence-corrected chi connectivity index (χ0v) is 17.5. The number of imidazole rings is 1. The molecular weight excluding hydrogens is 388 g/mol. The van der Waals surface area contributed by atoms with Gasteiger partial charge in [0.15, 0.2) is 0 Å². The van der Waals surface area contributed by atoms with Gasteiger partial charge in [-0.25, -0.2) is 18.1 Å². The maximum Gasteiger partial charge on any atom is 0.240 e. The topological polar surface area (TPSA) is 84.3 Å². The van der Waals surface area contributed by atoms with Crippen LogP contribution in [0.3, 0.4) is 0 Å². The Labute approximate surface area is 170 Å². The maximum atomic E-state index is 12.9. The van der Waals surface area contributed by atoms with Crippen LogP contribution in [0.15, 0.2) is 47.4 Å². The number of nitrogens with zero attached hydrogens (tertiary/aromatic N) is 3. The van der Waals surface area contributed by atoms with Crippen molar-refractivity contribution < 1.29 is 13.2 Å². The first-order chi connectivity index (χ1) is 13.8. The Morgan fingerprint density at radius 3 is 2.72 bits per heavy atom. The molecule has 2 aromatic carbocycles. The van der Waals surface area contributed by atoms with Crippen molar-refractivity contribution in [2.45, 2.75) is 51.2 Å². The number of carbonyl (C=O) groups is 1. The second-order valence-corrected chi connectivity index (χ2v) is 9.09. The van der Waals surface area contributed by atoms with E-state index in [0.717, 1.165) is 22.3 Å². The normalized spacial score (nSPS) is 16.4. The highest BCUT2D eigenvalue weighted by Crippen LogP contribution is 2.33. The number of benzene rings is 2. The number of hydrogen-bond donors (Lipinski definition) is 1. The van der Waals surface area contributed by atoms with Gasteiger partial charge in [-0.1, -0.05) is 12.1 Å². The minimum atomic E-state index is -3.70. The van der Waals surface area contributed by atoms with Crippen molar-refractivity contribution in [3.8, 4) is 0 Å². The Bertz CT molecular complexity index is 1200. The summed E-state index contributed by atoms with van der Waals surface area (Å²) < 4.78 is 30.5. The zero-order chi connectivity index (χ0) is 20.8. The molecule has 0 saturated heterocycles. The SMILES string of the molecule is CCn1c(CNS(=O)(=O)c2ccc3c(c2)CC(C)N3C(C)=O)nc2ccccc21. The fourth-order valence-corrected chi connectivity index (χ4v) is 5.14. The summed E-state index contributed by atoms with van der Waals surface area (Å²) in [5, 5.41) is 0. The predicted octanol–water partition coefficient (Wildman–Crippen LogP) is 2.83. The summed E-state index contributed by atoms with van der Waals surface area (Å²) in [4.78, 5) is 18.4.